The van der Waals surface area contributed by atoms with Crippen molar-refractivity contribution in [2.75, 3.05) is 19.7 Å². The van der Waals surface area contributed by atoms with Crippen LogP contribution in [0.4, 0.5) is 9.18 Å². The number of aliphatic hydroxyl groups excluding tert-OH is 1. The minimum atomic E-state index is -0.316. The average Bonchev–Trinajstić information content (AvgIpc) is 2.54. The summed E-state index contributed by atoms with van der Waals surface area (Å²) in [5, 5.41) is 12.5. The van der Waals surface area contributed by atoms with Crippen molar-refractivity contribution in [3.63, 3.8) is 0 Å². The van der Waals surface area contributed by atoms with Crippen molar-refractivity contribution in [3.8, 4) is 5.75 Å². The van der Waals surface area contributed by atoms with Crippen molar-refractivity contribution < 1.29 is 19.0 Å². The summed E-state index contributed by atoms with van der Waals surface area (Å²) >= 11 is 0. The van der Waals surface area contributed by atoms with E-state index in [0.717, 1.165) is 12.8 Å². The minimum Gasteiger partial charge on any atom is -0.491 e. The van der Waals surface area contributed by atoms with Crippen LogP contribution < -0.4 is 10.1 Å². The quantitative estimate of drug-likeness (QED) is 0.874. The lowest BCUT2D eigenvalue weighted by molar-refractivity contribution is 0.0790. The van der Waals surface area contributed by atoms with Crippen LogP contribution in [0.5, 0.6) is 5.75 Å². The van der Waals surface area contributed by atoms with Crippen molar-refractivity contribution >= 4 is 6.03 Å². The van der Waals surface area contributed by atoms with Gasteiger partial charge in [0, 0.05) is 13.1 Å². The molecule has 128 valence electrons. The number of nitrogens with one attached hydrogen (secondary N) is 1. The van der Waals surface area contributed by atoms with Crippen LogP contribution in [-0.4, -0.2) is 47.9 Å². The van der Waals surface area contributed by atoms with Gasteiger partial charge in [0.25, 0.3) is 0 Å². The fraction of sp³-hybridized carbons (Fsp3) is 0.588. The number of nitrogens with zero attached hydrogens (tertiary/aromatic N) is 1. The molecule has 5 nitrogen and oxygen atoms in total. The number of piperidine rings is 1. The van der Waals surface area contributed by atoms with Crippen LogP contribution in [0.25, 0.3) is 0 Å². The number of benzene rings is 1. The van der Waals surface area contributed by atoms with Gasteiger partial charge in [0.2, 0.25) is 0 Å². The highest BCUT2D eigenvalue weighted by atomic mass is 19.1. The molecular weight excluding hydrogens is 299 g/mol. The molecule has 0 saturated carbocycles. The van der Waals surface area contributed by atoms with Gasteiger partial charge in [0.15, 0.2) is 0 Å². The Morgan fingerprint density at radius 1 is 1.35 bits per heavy atom. The molecule has 1 fully saturated rings. The first-order chi connectivity index (χ1) is 11.0. The number of hydrogen-bond donors (Lipinski definition) is 2. The Morgan fingerprint density at radius 3 is 2.52 bits per heavy atom. The third kappa shape index (κ3) is 5.39. The van der Waals surface area contributed by atoms with E-state index in [4.69, 9.17) is 4.74 Å². The molecule has 0 bridgehead atoms. The Kier molecular flexibility index (Phi) is 6.21. The van der Waals surface area contributed by atoms with Crippen molar-refractivity contribution in [1.82, 2.24) is 10.2 Å². The average molecular weight is 324 g/mol. The SMILES string of the molecule is CC(COc1ccc(F)cc1)NC(=O)N1CCC(C(C)O)CC1. The highest BCUT2D eigenvalue weighted by Crippen LogP contribution is 2.20. The van der Waals surface area contributed by atoms with E-state index in [1.165, 1.54) is 12.1 Å². The molecule has 1 aliphatic heterocycles. The second-order valence-corrected chi connectivity index (χ2v) is 6.18. The standard InChI is InChI=1S/C17H25FN2O3/c1-12(11-23-16-5-3-15(18)4-6-16)19-17(22)20-9-7-14(8-10-20)13(2)21/h3-6,12-14,21H,7-11H2,1-2H3,(H,19,22). The molecule has 2 N–H and O–H groups in total. The number of likely N-dealkylation sites (tertiary alicyclic amines) is 1. The Morgan fingerprint density at radius 2 is 1.96 bits per heavy atom. The summed E-state index contributed by atoms with van der Waals surface area (Å²) in [5.74, 6) is 0.544. The summed E-state index contributed by atoms with van der Waals surface area (Å²) < 4.78 is 18.3. The number of urea groups is 1. The summed E-state index contributed by atoms with van der Waals surface area (Å²) in [6.07, 6.45) is 1.33. The van der Waals surface area contributed by atoms with Crippen LogP contribution >= 0.6 is 0 Å². The molecule has 2 atom stereocenters. The summed E-state index contributed by atoms with van der Waals surface area (Å²) in [4.78, 5) is 14.0. The van der Waals surface area contributed by atoms with E-state index in [0.29, 0.717) is 25.4 Å². The van der Waals surface area contributed by atoms with Crippen LogP contribution in [0.15, 0.2) is 24.3 Å². The van der Waals surface area contributed by atoms with Crippen LogP contribution in [0, 0.1) is 11.7 Å². The van der Waals surface area contributed by atoms with E-state index >= 15 is 0 Å². The lowest BCUT2D eigenvalue weighted by atomic mass is 9.92. The van der Waals surface area contributed by atoms with Gasteiger partial charge in [-0.25, -0.2) is 9.18 Å². The molecule has 1 aliphatic rings. The first-order valence-corrected chi connectivity index (χ1v) is 8.07. The Hall–Kier alpha value is -1.82. The highest BCUT2D eigenvalue weighted by Gasteiger charge is 2.25. The number of hydrogen-bond acceptors (Lipinski definition) is 3. The zero-order valence-corrected chi connectivity index (χ0v) is 13.7. The van der Waals surface area contributed by atoms with Crippen molar-refractivity contribution in [2.24, 2.45) is 5.92 Å². The zero-order valence-electron chi connectivity index (χ0n) is 13.7. The van der Waals surface area contributed by atoms with Crippen LogP contribution in [0.3, 0.4) is 0 Å². The van der Waals surface area contributed by atoms with Crippen molar-refractivity contribution in [3.05, 3.63) is 30.1 Å². The van der Waals surface area contributed by atoms with E-state index in [2.05, 4.69) is 5.32 Å². The first kappa shape index (κ1) is 17.5. The molecule has 0 aromatic heterocycles. The number of rotatable bonds is 5. The largest absolute Gasteiger partial charge is 0.491 e. The van der Waals surface area contributed by atoms with Gasteiger partial charge in [-0.2, -0.15) is 0 Å². The predicted octanol–water partition coefficient (Wildman–Crippen LogP) is 2.40. The minimum absolute atomic E-state index is 0.107. The molecule has 1 aromatic rings. The molecule has 2 rings (SSSR count). The monoisotopic (exact) mass is 324 g/mol. The number of carbonyl (C=O) groups excluding carboxylic acids is 1. The summed E-state index contributed by atoms with van der Waals surface area (Å²) in [6, 6.07) is 5.54. The van der Waals surface area contributed by atoms with E-state index in [-0.39, 0.29) is 29.9 Å². The Bertz CT molecular complexity index is 499. The van der Waals surface area contributed by atoms with Gasteiger partial charge in [-0.1, -0.05) is 0 Å². The fourth-order valence-corrected chi connectivity index (χ4v) is 2.68. The summed E-state index contributed by atoms with van der Waals surface area (Å²) in [7, 11) is 0. The molecule has 1 heterocycles. The second kappa shape index (κ2) is 8.15. The number of carbonyl (C=O) groups is 1. The van der Waals surface area contributed by atoms with Crippen LogP contribution in [0.1, 0.15) is 26.7 Å². The normalized spacial score (nSPS) is 18.3. The maximum Gasteiger partial charge on any atom is 0.317 e. The molecular formula is C17H25FN2O3. The van der Waals surface area contributed by atoms with Gasteiger partial charge in [-0.3, -0.25) is 0 Å². The van der Waals surface area contributed by atoms with Crippen LogP contribution in [-0.2, 0) is 0 Å². The molecule has 2 unspecified atom stereocenters. The highest BCUT2D eigenvalue weighted by molar-refractivity contribution is 5.74. The molecule has 0 spiro atoms. The lowest BCUT2D eigenvalue weighted by Crippen LogP contribution is -2.49. The molecule has 23 heavy (non-hydrogen) atoms. The first-order valence-electron chi connectivity index (χ1n) is 8.07. The van der Waals surface area contributed by atoms with E-state index < -0.39 is 0 Å². The second-order valence-electron chi connectivity index (χ2n) is 6.18. The maximum absolute atomic E-state index is 12.8. The van der Waals surface area contributed by atoms with Gasteiger partial charge < -0.3 is 20.1 Å². The molecule has 1 saturated heterocycles. The molecule has 2 amide bonds. The van der Waals surface area contributed by atoms with E-state index in [9.17, 15) is 14.3 Å². The van der Waals surface area contributed by atoms with Crippen LogP contribution in [0.2, 0.25) is 0 Å². The summed E-state index contributed by atoms with van der Waals surface area (Å²) in [5.41, 5.74) is 0. The smallest absolute Gasteiger partial charge is 0.317 e. The van der Waals surface area contributed by atoms with E-state index in [1.807, 2.05) is 6.92 Å². The fourth-order valence-electron chi connectivity index (χ4n) is 2.68. The van der Waals surface area contributed by atoms with Gasteiger partial charge in [-0.05, 0) is 56.9 Å². The Balaban J connectivity index is 1.71. The topological polar surface area (TPSA) is 61.8 Å². The molecule has 0 radical (unpaired) electrons. The zero-order chi connectivity index (χ0) is 16.8. The number of amides is 2. The van der Waals surface area contributed by atoms with Crippen molar-refractivity contribution in [2.45, 2.75) is 38.8 Å². The molecule has 1 aromatic carbocycles. The third-order valence-electron chi connectivity index (χ3n) is 4.19. The Labute approximate surface area is 136 Å². The predicted molar refractivity (Wildman–Crippen MR) is 85.9 cm³/mol. The molecule has 0 aliphatic carbocycles. The van der Waals surface area contributed by atoms with Gasteiger partial charge in [0.1, 0.15) is 18.2 Å². The maximum atomic E-state index is 12.8. The summed E-state index contributed by atoms with van der Waals surface area (Å²) in [6.45, 7) is 5.31. The van der Waals surface area contributed by atoms with Gasteiger partial charge in [0.05, 0.1) is 12.1 Å². The van der Waals surface area contributed by atoms with Gasteiger partial charge in [-0.15, -0.1) is 0 Å². The van der Waals surface area contributed by atoms with Crippen molar-refractivity contribution in [1.29, 1.82) is 0 Å². The lowest BCUT2D eigenvalue weighted by Gasteiger charge is -2.33. The third-order valence-corrected chi connectivity index (χ3v) is 4.19. The number of aliphatic hydroxyl groups is 1. The molecule has 6 heteroatoms. The number of ether oxygens (including phenoxy) is 1. The number of halogens is 1. The van der Waals surface area contributed by atoms with E-state index in [1.54, 1.807) is 24.0 Å². The van der Waals surface area contributed by atoms with Gasteiger partial charge >= 0.3 is 6.03 Å².